The number of allylic oxidation sites excluding steroid dienone is 3. The predicted octanol–water partition coefficient (Wildman–Crippen LogP) is 10.3. The summed E-state index contributed by atoms with van der Waals surface area (Å²) in [4.78, 5) is 18.5. The van der Waals surface area contributed by atoms with Gasteiger partial charge in [0.1, 0.15) is 11.5 Å². The molecule has 4 rings (SSSR count). The standard InChI is InChI=1S/C38H62N2O3Si/c1-8-12-14-17-31-27-35(42-38(41)40-24-20-32(21-25-40)39-22-15-13-16-23-39)37(34-26-30(7)18-19-33(34)29(5)6)36(28-31)43-44(9-2,10-3)11-4/h26-28,32-34H,5,8-25H2,1-4,6-7H3/t33-,34+/m0/s1. The molecule has 0 unspecified atom stereocenters. The van der Waals surface area contributed by atoms with Crippen LogP contribution in [0.4, 0.5) is 4.79 Å². The summed E-state index contributed by atoms with van der Waals surface area (Å²) in [5.41, 5.74) is 4.88. The molecule has 0 bridgehead atoms. The zero-order chi connectivity index (χ0) is 31.7. The molecule has 2 aliphatic heterocycles. The number of rotatable bonds is 13. The van der Waals surface area contributed by atoms with Gasteiger partial charge in [0.25, 0.3) is 0 Å². The van der Waals surface area contributed by atoms with E-state index in [1.54, 1.807) is 0 Å². The Kier molecular flexibility index (Phi) is 13.0. The second-order valence-corrected chi connectivity index (χ2v) is 18.7. The molecule has 0 saturated carbocycles. The van der Waals surface area contributed by atoms with Gasteiger partial charge >= 0.3 is 6.09 Å². The zero-order valence-corrected chi connectivity index (χ0v) is 30.0. The van der Waals surface area contributed by atoms with Crippen molar-refractivity contribution in [1.29, 1.82) is 0 Å². The number of hydrogen-bond donors (Lipinski definition) is 0. The number of piperidine rings is 2. The molecule has 0 spiro atoms. The van der Waals surface area contributed by atoms with Crippen LogP contribution in [0.25, 0.3) is 0 Å². The van der Waals surface area contributed by atoms with E-state index in [1.165, 1.54) is 61.9 Å². The summed E-state index contributed by atoms with van der Waals surface area (Å²) in [7, 11) is -2.00. The Morgan fingerprint density at radius 3 is 2.20 bits per heavy atom. The molecular formula is C38H62N2O3Si. The lowest BCUT2D eigenvalue weighted by atomic mass is 9.73. The lowest BCUT2D eigenvalue weighted by Gasteiger charge is -2.40. The van der Waals surface area contributed by atoms with Crippen LogP contribution in [-0.4, -0.2) is 56.4 Å². The lowest BCUT2D eigenvalue weighted by Crippen LogP contribution is -2.48. The molecule has 2 fully saturated rings. The smallest absolute Gasteiger partial charge is 0.415 e. The quantitative estimate of drug-likeness (QED) is 0.125. The summed E-state index contributed by atoms with van der Waals surface area (Å²) >= 11 is 0. The Hall–Kier alpha value is -2.05. The van der Waals surface area contributed by atoms with Gasteiger partial charge in [-0.25, -0.2) is 4.79 Å². The fourth-order valence-corrected chi connectivity index (χ4v) is 10.4. The maximum absolute atomic E-state index is 13.9. The molecule has 2 saturated heterocycles. The average molecular weight is 623 g/mol. The summed E-state index contributed by atoms with van der Waals surface area (Å²) in [5, 5.41) is 0. The van der Waals surface area contributed by atoms with E-state index in [9.17, 15) is 4.79 Å². The third-order valence-electron chi connectivity index (χ3n) is 11.0. The summed E-state index contributed by atoms with van der Waals surface area (Å²) in [6.45, 7) is 21.9. The minimum absolute atomic E-state index is 0.0887. The van der Waals surface area contributed by atoms with Gasteiger partial charge in [-0.3, -0.25) is 0 Å². The number of benzene rings is 1. The Balaban J connectivity index is 1.71. The highest BCUT2D eigenvalue weighted by Crippen LogP contribution is 2.48. The van der Waals surface area contributed by atoms with E-state index in [4.69, 9.17) is 9.16 Å². The van der Waals surface area contributed by atoms with Crippen LogP contribution in [0.1, 0.15) is 123 Å². The Bertz CT molecular complexity index is 1120. The van der Waals surface area contributed by atoms with E-state index in [-0.39, 0.29) is 12.0 Å². The van der Waals surface area contributed by atoms with E-state index in [2.05, 4.69) is 71.2 Å². The Morgan fingerprint density at radius 1 is 0.932 bits per heavy atom. The van der Waals surface area contributed by atoms with Crippen molar-refractivity contribution >= 4 is 14.4 Å². The van der Waals surface area contributed by atoms with Crippen molar-refractivity contribution in [3.05, 3.63) is 47.1 Å². The van der Waals surface area contributed by atoms with Crippen LogP contribution in [-0.2, 0) is 6.42 Å². The lowest BCUT2D eigenvalue weighted by molar-refractivity contribution is 0.0876. The van der Waals surface area contributed by atoms with E-state index in [0.717, 1.165) is 81.1 Å². The molecule has 246 valence electrons. The molecule has 1 aliphatic carbocycles. The fraction of sp³-hybridized carbons (Fsp3) is 0.711. The zero-order valence-electron chi connectivity index (χ0n) is 29.0. The van der Waals surface area contributed by atoms with E-state index in [1.807, 2.05) is 4.90 Å². The molecular weight excluding hydrogens is 561 g/mol. The largest absolute Gasteiger partial charge is 0.543 e. The van der Waals surface area contributed by atoms with Gasteiger partial charge in [0, 0.05) is 30.6 Å². The number of ether oxygens (including phenoxy) is 1. The van der Waals surface area contributed by atoms with Crippen molar-refractivity contribution < 1.29 is 14.0 Å². The van der Waals surface area contributed by atoms with Crippen molar-refractivity contribution in [3.63, 3.8) is 0 Å². The number of hydrogen-bond acceptors (Lipinski definition) is 4. The van der Waals surface area contributed by atoms with E-state index < -0.39 is 8.32 Å². The third-order valence-corrected chi connectivity index (χ3v) is 15.6. The van der Waals surface area contributed by atoms with Crippen LogP contribution < -0.4 is 9.16 Å². The molecule has 0 radical (unpaired) electrons. The first kappa shape index (κ1) is 34.8. The number of nitrogens with zero attached hydrogens (tertiary/aromatic N) is 2. The number of carbonyl (C=O) groups is 1. The molecule has 3 aliphatic rings. The topological polar surface area (TPSA) is 42.0 Å². The SMILES string of the molecule is C=C(C)[C@@H]1CCC(C)=C[C@H]1c1c(OC(=O)N2CCC(N3CCCCC3)CC2)cc(CCCCC)cc1O[Si](CC)(CC)CC. The molecule has 0 aromatic heterocycles. The summed E-state index contributed by atoms with van der Waals surface area (Å²) in [6, 6.07) is 8.30. The predicted molar refractivity (Wildman–Crippen MR) is 188 cm³/mol. The monoisotopic (exact) mass is 622 g/mol. The van der Waals surface area contributed by atoms with Gasteiger partial charge in [-0.15, -0.1) is 0 Å². The third kappa shape index (κ3) is 8.60. The fourth-order valence-electron chi connectivity index (χ4n) is 7.84. The Labute approximate surface area is 270 Å². The molecule has 5 nitrogen and oxygen atoms in total. The minimum atomic E-state index is -2.00. The van der Waals surface area contributed by atoms with Crippen LogP contribution in [0, 0.1) is 5.92 Å². The van der Waals surface area contributed by atoms with Gasteiger partial charge in [0.15, 0.2) is 0 Å². The highest BCUT2D eigenvalue weighted by atomic mass is 28.4. The molecule has 2 heterocycles. The average Bonchev–Trinajstić information content (AvgIpc) is 3.04. The number of carbonyl (C=O) groups excluding carboxylic acids is 1. The molecule has 1 aromatic rings. The van der Waals surface area contributed by atoms with E-state index in [0.29, 0.717) is 17.7 Å². The number of unbranched alkanes of at least 4 members (excludes halogenated alkanes) is 2. The van der Waals surface area contributed by atoms with Gasteiger partial charge in [0.05, 0.1) is 0 Å². The molecule has 2 atom stereocenters. The first-order valence-corrected chi connectivity index (χ1v) is 20.7. The first-order chi connectivity index (χ1) is 21.2. The van der Waals surface area contributed by atoms with Gasteiger partial charge in [-0.2, -0.15) is 0 Å². The van der Waals surface area contributed by atoms with Gasteiger partial charge < -0.3 is 19.0 Å². The van der Waals surface area contributed by atoms with Crippen molar-refractivity contribution in [1.82, 2.24) is 9.80 Å². The van der Waals surface area contributed by atoms with Crippen LogP contribution in [0.15, 0.2) is 35.9 Å². The van der Waals surface area contributed by atoms with Crippen molar-refractivity contribution in [2.75, 3.05) is 26.2 Å². The summed E-state index contributed by atoms with van der Waals surface area (Å²) < 4.78 is 13.8. The number of amides is 1. The molecule has 1 aromatic carbocycles. The van der Waals surface area contributed by atoms with Gasteiger partial charge in [0.2, 0.25) is 8.32 Å². The van der Waals surface area contributed by atoms with Crippen molar-refractivity contribution in [2.24, 2.45) is 5.92 Å². The highest BCUT2D eigenvalue weighted by molar-refractivity contribution is 6.74. The maximum Gasteiger partial charge on any atom is 0.415 e. The van der Waals surface area contributed by atoms with Crippen LogP contribution in [0.2, 0.25) is 18.1 Å². The Morgan fingerprint density at radius 2 is 1.59 bits per heavy atom. The number of aryl methyl sites for hydroxylation is 1. The second-order valence-electron chi connectivity index (χ2n) is 14.0. The maximum atomic E-state index is 13.9. The number of likely N-dealkylation sites (tertiary alicyclic amines) is 2. The van der Waals surface area contributed by atoms with Gasteiger partial charge in [-0.1, -0.05) is 70.8 Å². The van der Waals surface area contributed by atoms with Crippen molar-refractivity contribution in [3.8, 4) is 11.5 Å². The minimum Gasteiger partial charge on any atom is -0.543 e. The van der Waals surface area contributed by atoms with E-state index >= 15 is 0 Å². The van der Waals surface area contributed by atoms with Crippen LogP contribution in [0.3, 0.4) is 0 Å². The van der Waals surface area contributed by atoms with Crippen molar-refractivity contribution in [2.45, 2.75) is 142 Å². The van der Waals surface area contributed by atoms with Gasteiger partial charge in [-0.05, 0) is 120 Å². The summed E-state index contributed by atoms with van der Waals surface area (Å²) in [5.74, 6) is 2.06. The normalized spacial score (nSPS) is 22.0. The first-order valence-electron chi connectivity index (χ1n) is 18.1. The molecule has 0 N–H and O–H groups in total. The second kappa shape index (κ2) is 16.5. The molecule has 44 heavy (non-hydrogen) atoms. The van der Waals surface area contributed by atoms with Crippen LogP contribution >= 0.6 is 0 Å². The summed E-state index contributed by atoms with van der Waals surface area (Å²) in [6.07, 6.45) is 14.9. The van der Waals surface area contributed by atoms with Crippen LogP contribution in [0.5, 0.6) is 11.5 Å². The highest BCUT2D eigenvalue weighted by Gasteiger charge is 2.37. The molecule has 1 amide bonds. The molecule has 6 heteroatoms.